The molecule has 7 nitrogen and oxygen atoms in total. The molecule has 0 aliphatic heterocycles. The summed E-state index contributed by atoms with van der Waals surface area (Å²) in [5.41, 5.74) is 3.85. The number of methoxy groups -OCH3 is 1. The minimum atomic E-state index is -0.342. The molecule has 0 spiro atoms. The van der Waals surface area contributed by atoms with Crippen LogP contribution in [-0.2, 0) is 9.59 Å². The Kier molecular flexibility index (Phi) is 8.48. The lowest BCUT2D eigenvalue weighted by atomic mass is 10.2. The first-order valence-corrected chi connectivity index (χ1v) is 9.49. The second-order valence-electron chi connectivity index (χ2n) is 5.69. The number of ether oxygens (including phenoxy) is 2. The molecule has 0 unspecified atom stereocenters. The molecule has 28 heavy (non-hydrogen) atoms. The number of nitrogens with zero attached hydrogens (tertiary/aromatic N) is 1. The first-order valence-electron chi connectivity index (χ1n) is 8.70. The van der Waals surface area contributed by atoms with Crippen LogP contribution in [0.25, 0.3) is 0 Å². The van der Waals surface area contributed by atoms with Crippen LogP contribution in [0.4, 0.5) is 5.69 Å². The van der Waals surface area contributed by atoms with Crippen molar-refractivity contribution in [1.82, 2.24) is 5.43 Å². The molecule has 0 saturated heterocycles. The van der Waals surface area contributed by atoms with E-state index in [2.05, 4.69) is 31.8 Å². The van der Waals surface area contributed by atoms with Crippen LogP contribution in [0.5, 0.6) is 11.5 Å². The van der Waals surface area contributed by atoms with Gasteiger partial charge in [-0.3, -0.25) is 9.59 Å². The summed E-state index contributed by atoms with van der Waals surface area (Å²) < 4.78 is 11.3. The fourth-order valence-electron chi connectivity index (χ4n) is 2.23. The quantitative estimate of drug-likeness (QED) is 0.452. The van der Waals surface area contributed by atoms with Crippen LogP contribution in [0, 0.1) is 0 Å². The largest absolute Gasteiger partial charge is 0.497 e. The van der Waals surface area contributed by atoms with E-state index in [1.54, 1.807) is 31.4 Å². The van der Waals surface area contributed by atoms with E-state index in [9.17, 15) is 9.59 Å². The number of carbonyl (C=O) groups excluding carboxylic acids is 2. The molecule has 0 saturated carbocycles. The molecule has 2 aromatic carbocycles. The lowest BCUT2D eigenvalue weighted by Gasteiger charge is -2.06. The Morgan fingerprint density at radius 2 is 1.82 bits per heavy atom. The average molecular weight is 448 g/mol. The van der Waals surface area contributed by atoms with Crippen molar-refractivity contribution in [2.75, 3.05) is 19.0 Å². The number of anilines is 1. The van der Waals surface area contributed by atoms with Gasteiger partial charge in [-0.15, -0.1) is 0 Å². The number of hydrogen-bond acceptors (Lipinski definition) is 5. The molecule has 0 bridgehead atoms. The maximum absolute atomic E-state index is 11.9. The number of hydrogen-bond donors (Lipinski definition) is 2. The van der Waals surface area contributed by atoms with Crippen LogP contribution in [0.3, 0.4) is 0 Å². The predicted molar refractivity (Wildman–Crippen MR) is 112 cm³/mol. The van der Waals surface area contributed by atoms with Gasteiger partial charge in [-0.1, -0.05) is 0 Å². The summed E-state index contributed by atoms with van der Waals surface area (Å²) in [6, 6.07) is 12.4. The van der Waals surface area contributed by atoms with E-state index in [1.807, 2.05) is 25.1 Å². The van der Waals surface area contributed by atoms with E-state index in [0.717, 1.165) is 15.8 Å². The number of rotatable bonds is 9. The maximum atomic E-state index is 11.9. The van der Waals surface area contributed by atoms with Gasteiger partial charge in [0.1, 0.15) is 11.5 Å². The van der Waals surface area contributed by atoms with E-state index >= 15 is 0 Å². The van der Waals surface area contributed by atoms with Gasteiger partial charge in [-0.05, 0) is 70.9 Å². The summed E-state index contributed by atoms with van der Waals surface area (Å²) in [6.45, 7) is 2.49. The van der Waals surface area contributed by atoms with Gasteiger partial charge in [0.05, 0.1) is 24.4 Å². The van der Waals surface area contributed by atoms with E-state index in [4.69, 9.17) is 9.47 Å². The summed E-state index contributed by atoms with van der Waals surface area (Å²) in [6.07, 6.45) is 1.62. The number of carbonyl (C=O) groups is 2. The zero-order valence-electron chi connectivity index (χ0n) is 15.7. The molecule has 0 aliphatic carbocycles. The standard InChI is InChI=1S/C20H22BrN3O4/c1-3-28-18-9-4-14(12-17(18)21)13-22-24-20(26)11-10-19(25)23-15-5-7-16(27-2)8-6-15/h4-9,12-13H,3,10-11H2,1-2H3,(H,23,25)(H,24,26). The zero-order valence-corrected chi connectivity index (χ0v) is 17.3. The molecule has 0 aliphatic rings. The van der Waals surface area contributed by atoms with Gasteiger partial charge in [0.15, 0.2) is 0 Å². The molecule has 2 N–H and O–H groups in total. The molecule has 2 amide bonds. The van der Waals surface area contributed by atoms with Crippen molar-refractivity contribution in [3.8, 4) is 11.5 Å². The zero-order chi connectivity index (χ0) is 20.4. The van der Waals surface area contributed by atoms with Gasteiger partial charge in [-0.25, -0.2) is 5.43 Å². The van der Waals surface area contributed by atoms with E-state index in [0.29, 0.717) is 18.0 Å². The minimum Gasteiger partial charge on any atom is -0.497 e. The van der Waals surface area contributed by atoms with Crippen LogP contribution < -0.4 is 20.2 Å². The highest BCUT2D eigenvalue weighted by Gasteiger charge is 2.07. The van der Waals surface area contributed by atoms with Crippen molar-refractivity contribution in [1.29, 1.82) is 0 Å². The Balaban J connectivity index is 1.75. The van der Waals surface area contributed by atoms with E-state index in [-0.39, 0.29) is 24.7 Å². The fourth-order valence-corrected chi connectivity index (χ4v) is 2.74. The number of hydrazone groups is 1. The second-order valence-corrected chi connectivity index (χ2v) is 6.55. The first-order chi connectivity index (χ1) is 13.5. The van der Waals surface area contributed by atoms with E-state index in [1.165, 1.54) is 6.21 Å². The Hall–Kier alpha value is -2.87. The lowest BCUT2D eigenvalue weighted by Crippen LogP contribution is -2.20. The predicted octanol–water partition coefficient (Wildman–Crippen LogP) is 3.73. The van der Waals surface area contributed by atoms with Crippen molar-refractivity contribution in [2.45, 2.75) is 19.8 Å². The molecule has 2 aromatic rings. The smallest absolute Gasteiger partial charge is 0.240 e. The van der Waals surface area contributed by atoms with Gasteiger partial charge < -0.3 is 14.8 Å². The topological polar surface area (TPSA) is 89.0 Å². The lowest BCUT2D eigenvalue weighted by molar-refractivity contribution is -0.124. The van der Waals surface area contributed by atoms with Gasteiger partial charge in [-0.2, -0.15) is 5.10 Å². The molecule has 148 valence electrons. The number of nitrogens with one attached hydrogen (secondary N) is 2. The van der Waals surface area contributed by atoms with Gasteiger partial charge in [0.2, 0.25) is 11.8 Å². The fraction of sp³-hybridized carbons (Fsp3) is 0.250. The Morgan fingerprint density at radius 1 is 1.11 bits per heavy atom. The molecule has 0 radical (unpaired) electrons. The number of halogens is 1. The first kappa shape index (κ1) is 21.4. The number of amides is 2. The SMILES string of the molecule is CCOc1ccc(C=NNC(=O)CCC(=O)Nc2ccc(OC)cc2)cc1Br. The highest BCUT2D eigenvalue weighted by molar-refractivity contribution is 9.10. The maximum Gasteiger partial charge on any atom is 0.240 e. The third-order valence-corrected chi connectivity index (χ3v) is 4.23. The molecule has 0 heterocycles. The molecule has 8 heteroatoms. The van der Waals surface area contributed by atoms with Crippen LogP contribution in [0.1, 0.15) is 25.3 Å². The summed E-state index contributed by atoms with van der Waals surface area (Å²) in [4.78, 5) is 23.7. The van der Waals surface area contributed by atoms with Crippen LogP contribution in [0.2, 0.25) is 0 Å². The third-order valence-electron chi connectivity index (χ3n) is 3.61. The van der Waals surface area contributed by atoms with Crippen LogP contribution in [0.15, 0.2) is 52.0 Å². The van der Waals surface area contributed by atoms with Crippen LogP contribution in [-0.4, -0.2) is 31.7 Å². The highest BCUT2D eigenvalue weighted by atomic mass is 79.9. The Bertz CT molecular complexity index is 838. The summed E-state index contributed by atoms with van der Waals surface area (Å²) >= 11 is 3.42. The Labute approximate surface area is 172 Å². The van der Waals surface area contributed by atoms with Crippen molar-refractivity contribution in [2.24, 2.45) is 5.10 Å². The van der Waals surface area contributed by atoms with E-state index < -0.39 is 0 Å². The normalized spacial score (nSPS) is 10.5. The molecular formula is C20H22BrN3O4. The summed E-state index contributed by atoms with van der Waals surface area (Å²) in [5.74, 6) is 0.854. The molecule has 2 rings (SSSR count). The molecular weight excluding hydrogens is 426 g/mol. The van der Waals surface area contributed by atoms with Crippen molar-refractivity contribution >= 4 is 39.6 Å². The summed E-state index contributed by atoms with van der Waals surface area (Å²) in [5, 5.41) is 6.63. The monoisotopic (exact) mass is 447 g/mol. The van der Waals surface area contributed by atoms with Crippen molar-refractivity contribution < 1.29 is 19.1 Å². The summed E-state index contributed by atoms with van der Waals surface area (Å²) in [7, 11) is 1.57. The highest BCUT2D eigenvalue weighted by Crippen LogP contribution is 2.25. The minimum absolute atomic E-state index is 0.0340. The van der Waals surface area contributed by atoms with Gasteiger partial charge in [0.25, 0.3) is 0 Å². The molecule has 0 atom stereocenters. The average Bonchev–Trinajstić information content (AvgIpc) is 2.69. The Morgan fingerprint density at radius 3 is 2.46 bits per heavy atom. The molecule has 0 aromatic heterocycles. The third kappa shape index (κ3) is 7.03. The molecule has 0 fully saturated rings. The van der Waals surface area contributed by atoms with Gasteiger partial charge >= 0.3 is 0 Å². The van der Waals surface area contributed by atoms with Crippen molar-refractivity contribution in [3.63, 3.8) is 0 Å². The van der Waals surface area contributed by atoms with Crippen LogP contribution >= 0.6 is 15.9 Å². The number of benzene rings is 2. The van der Waals surface area contributed by atoms with Gasteiger partial charge in [0, 0.05) is 18.5 Å². The second kappa shape index (κ2) is 11.1. The van der Waals surface area contributed by atoms with Crippen molar-refractivity contribution in [3.05, 3.63) is 52.5 Å².